The van der Waals surface area contributed by atoms with Crippen LogP contribution in [0.2, 0.25) is 0 Å². The van der Waals surface area contributed by atoms with Crippen molar-refractivity contribution >= 4 is 11.6 Å². The Balaban J connectivity index is 2.75. The number of aromatic carboxylic acids is 1. The average molecular weight is 179 g/mol. The van der Waals surface area contributed by atoms with Crippen molar-refractivity contribution in [3.8, 4) is 0 Å². The van der Waals surface area contributed by atoms with Gasteiger partial charge in [-0.1, -0.05) is 0 Å². The Bertz CT molecular complexity index is 525. The molecule has 2 aromatic heterocycles. The van der Waals surface area contributed by atoms with Crippen LogP contribution in [-0.4, -0.2) is 25.7 Å². The highest BCUT2D eigenvalue weighted by molar-refractivity contribution is 5.86. The van der Waals surface area contributed by atoms with E-state index in [0.717, 1.165) is 0 Å². The second-order valence-electron chi connectivity index (χ2n) is 2.47. The van der Waals surface area contributed by atoms with Crippen LogP contribution in [0.15, 0.2) is 23.1 Å². The number of rotatable bonds is 1. The highest BCUT2D eigenvalue weighted by Gasteiger charge is 2.08. The van der Waals surface area contributed by atoms with Gasteiger partial charge in [0, 0.05) is 18.3 Å². The molecular weight excluding hydrogens is 174 g/mol. The van der Waals surface area contributed by atoms with Crippen LogP contribution >= 0.6 is 0 Å². The first-order valence-corrected chi connectivity index (χ1v) is 3.49. The lowest BCUT2D eigenvalue weighted by Gasteiger charge is -1.87. The van der Waals surface area contributed by atoms with Gasteiger partial charge in [-0.3, -0.25) is 4.79 Å². The van der Waals surface area contributed by atoms with Crippen LogP contribution in [0, 0.1) is 0 Å². The van der Waals surface area contributed by atoms with Gasteiger partial charge >= 0.3 is 5.97 Å². The zero-order valence-electron chi connectivity index (χ0n) is 6.39. The molecule has 2 aromatic rings. The summed E-state index contributed by atoms with van der Waals surface area (Å²) in [6, 6.07) is 2.56. The predicted octanol–water partition coefficient (Wildman–Crippen LogP) is -0.279. The highest BCUT2D eigenvalue weighted by Crippen LogP contribution is 2.00. The third kappa shape index (κ3) is 1.18. The van der Waals surface area contributed by atoms with Crippen LogP contribution < -0.4 is 5.56 Å². The van der Waals surface area contributed by atoms with Gasteiger partial charge in [-0.2, -0.15) is 5.10 Å². The molecule has 0 amide bonds. The zero-order chi connectivity index (χ0) is 9.42. The second kappa shape index (κ2) is 2.44. The summed E-state index contributed by atoms with van der Waals surface area (Å²) in [5, 5.41) is 12.3. The third-order valence-electron chi connectivity index (χ3n) is 1.57. The van der Waals surface area contributed by atoms with Crippen molar-refractivity contribution in [2.75, 3.05) is 0 Å². The SMILES string of the molecule is O=C(O)c1cc2[nH]c(=O)ccn2n1. The fraction of sp³-hybridized carbons (Fsp3) is 0. The Morgan fingerprint density at radius 2 is 2.38 bits per heavy atom. The largest absolute Gasteiger partial charge is 0.476 e. The van der Waals surface area contributed by atoms with Gasteiger partial charge in [0.25, 0.3) is 5.56 Å². The number of hydrogen-bond acceptors (Lipinski definition) is 3. The quantitative estimate of drug-likeness (QED) is 0.630. The minimum atomic E-state index is -1.12. The third-order valence-corrected chi connectivity index (χ3v) is 1.57. The number of carbonyl (C=O) groups is 1. The van der Waals surface area contributed by atoms with E-state index in [1.807, 2.05) is 0 Å². The molecular formula is C7H5N3O3. The van der Waals surface area contributed by atoms with Crippen LogP contribution in [0.4, 0.5) is 0 Å². The topological polar surface area (TPSA) is 87.5 Å². The van der Waals surface area contributed by atoms with Crippen molar-refractivity contribution in [1.82, 2.24) is 14.6 Å². The summed E-state index contributed by atoms with van der Waals surface area (Å²) in [6.07, 6.45) is 1.40. The van der Waals surface area contributed by atoms with Gasteiger partial charge in [-0.15, -0.1) is 0 Å². The van der Waals surface area contributed by atoms with Crippen LogP contribution in [0.3, 0.4) is 0 Å². The number of fused-ring (bicyclic) bond motifs is 1. The molecule has 6 heteroatoms. The van der Waals surface area contributed by atoms with E-state index in [4.69, 9.17) is 5.11 Å². The maximum absolute atomic E-state index is 10.8. The summed E-state index contributed by atoms with van der Waals surface area (Å²) in [5.74, 6) is -1.12. The molecule has 0 spiro atoms. The predicted molar refractivity (Wildman–Crippen MR) is 42.8 cm³/mol. The highest BCUT2D eigenvalue weighted by atomic mass is 16.4. The van der Waals surface area contributed by atoms with E-state index in [9.17, 15) is 9.59 Å². The Morgan fingerprint density at radius 1 is 1.62 bits per heavy atom. The number of carboxylic acid groups (broad SMARTS) is 1. The van der Waals surface area contributed by atoms with E-state index in [0.29, 0.717) is 5.65 Å². The molecule has 0 unspecified atom stereocenters. The first-order chi connectivity index (χ1) is 6.16. The number of nitrogens with one attached hydrogen (secondary N) is 1. The van der Waals surface area contributed by atoms with Gasteiger partial charge < -0.3 is 10.1 Å². The Labute approximate surface area is 71.4 Å². The molecule has 0 aromatic carbocycles. The van der Waals surface area contributed by atoms with Crippen molar-refractivity contribution in [3.05, 3.63) is 34.4 Å². The van der Waals surface area contributed by atoms with Gasteiger partial charge in [0.15, 0.2) is 5.69 Å². The van der Waals surface area contributed by atoms with E-state index in [2.05, 4.69) is 10.1 Å². The minimum absolute atomic E-state index is 0.0955. The van der Waals surface area contributed by atoms with E-state index < -0.39 is 5.97 Å². The summed E-state index contributed by atoms with van der Waals surface area (Å²) in [6.45, 7) is 0. The molecule has 0 atom stereocenters. The lowest BCUT2D eigenvalue weighted by Crippen LogP contribution is -2.05. The molecule has 0 fully saturated rings. The van der Waals surface area contributed by atoms with Crippen molar-refractivity contribution in [2.24, 2.45) is 0 Å². The van der Waals surface area contributed by atoms with Gasteiger partial charge in [0.05, 0.1) is 0 Å². The van der Waals surface area contributed by atoms with Crippen molar-refractivity contribution in [1.29, 1.82) is 0 Å². The summed E-state index contributed by atoms with van der Waals surface area (Å²) >= 11 is 0. The first kappa shape index (κ1) is 7.53. The number of H-pyrrole nitrogens is 1. The van der Waals surface area contributed by atoms with Crippen molar-refractivity contribution in [3.63, 3.8) is 0 Å². The smallest absolute Gasteiger partial charge is 0.356 e. The Kier molecular flexibility index (Phi) is 1.42. The van der Waals surface area contributed by atoms with E-state index in [-0.39, 0.29) is 11.3 Å². The van der Waals surface area contributed by atoms with Gasteiger partial charge in [-0.25, -0.2) is 9.31 Å². The van der Waals surface area contributed by atoms with Crippen molar-refractivity contribution < 1.29 is 9.90 Å². The maximum Gasteiger partial charge on any atom is 0.356 e. The number of nitrogens with zero attached hydrogens (tertiary/aromatic N) is 2. The summed E-state index contributed by atoms with van der Waals surface area (Å²) < 4.78 is 1.30. The minimum Gasteiger partial charge on any atom is -0.476 e. The number of hydrogen-bond donors (Lipinski definition) is 2. The molecule has 0 aliphatic heterocycles. The van der Waals surface area contributed by atoms with Gasteiger partial charge in [0.2, 0.25) is 0 Å². The van der Waals surface area contributed by atoms with E-state index >= 15 is 0 Å². The zero-order valence-corrected chi connectivity index (χ0v) is 6.39. The monoisotopic (exact) mass is 179 g/mol. The van der Waals surface area contributed by atoms with Crippen molar-refractivity contribution in [2.45, 2.75) is 0 Å². The normalized spacial score (nSPS) is 10.5. The molecule has 2 N–H and O–H groups in total. The molecule has 0 aliphatic rings. The van der Waals surface area contributed by atoms with Crippen LogP contribution in [0.1, 0.15) is 10.5 Å². The molecule has 0 radical (unpaired) electrons. The summed E-state index contributed by atoms with van der Waals surface area (Å²) in [4.78, 5) is 23.8. The van der Waals surface area contributed by atoms with Gasteiger partial charge in [0.1, 0.15) is 5.65 Å². The first-order valence-electron chi connectivity index (χ1n) is 3.49. The van der Waals surface area contributed by atoms with Gasteiger partial charge in [-0.05, 0) is 0 Å². The number of aromatic amines is 1. The fourth-order valence-corrected chi connectivity index (χ4v) is 1.01. The fourth-order valence-electron chi connectivity index (χ4n) is 1.01. The summed E-state index contributed by atoms with van der Waals surface area (Å²) in [5.41, 5.74) is -0.0175. The maximum atomic E-state index is 10.8. The molecule has 6 nitrogen and oxygen atoms in total. The summed E-state index contributed by atoms with van der Waals surface area (Å²) in [7, 11) is 0. The van der Waals surface area contributed by atoms with E-state index in [1.54, 1.807) is 0 Å². The van der Waals surface area contributed by atoms with E-state index in [1.165, 1.54) is 22.8 Å². The lowest BCUT2D eigenvalue weighted by molar-refractivity contribution is 0.0690. The average Bonchev–Trinajstić information content (AvgIpc) is 2.46. The molecule has 2 rings (SSSR count). The Morgan fingerprint density at radius 3 is 3.08 bits per heavy atom. The number of aromatic nitrogens is 3. The second-order valence-corrected chi connectivity index (χ2v) is 2.47. The molecule has 66 valence electrons. The molecule has 0 aliphatic carbocycles. The van der Waals surface area contributed by atoms with Crippen LogP contribution in [0.5, 0.6) is 0 Å². The lowest BCUT2D eigenvalue weighted by atomic mass is 10.4. The molecule has 0 saturated carbocycles. The van der Waals surface area contributed by atoms with Crippen LogP contribution in [0.25, 0.3) is 5.65 Å². The molecule has 2 heterocycles. The van der Waals surface area contributed by atoms with Crippen LogP contribution in [-0.2, 0) is 0 Å². The molecule has 0 bridgehead atoms. The molecule has 0 saturated heterocycles. The standard InChI is InChI=1S/C7H5N3O3/c11-6-1-2-10-5(8-6)3-4(9-10)7(12)13/h1-3H,(H,8,11)(H,12,13). The number of carboxylic acids is 1. The molecule has 13 heavy (non-hydrogen) atoms. The Hall–Kier alpha value is -2.11.